The van der Waals surface area contributed by atoms with E-state index in [9.17, 15) is 5.26 Å². The quantitative estimate of drug-likeness (QED) is 0.417. The summed E-state index contributed by atoms with van der Waals surface area (Å²) in [7, 11) is 0. The molecule has 1 heteroatoms. The molecule has 0 amide bonds. The molecule has 1 nitrogen and oxygen atoms in total. The molecule has 4 aromatic carbocycles. The SMILES string of the molecule is N#Cc1cc(-c2ccccc2)ccc1-c1cccc(-c2ccccc2)c1. The summed E-state index contributed by atoms with van der Waals surface area (Å²) < 4.78 is 0. The maximum Gasteiger partial charge on any atom is 0.0998 e. The zero-order valence-electron chi connectivity index (χ0n) is 14.3. The van der Waals surface area contributed by atoms with Crippen LogP contribution in [0.15, 0.2) is 103 Å². The van der Waals surface area contributed by atoms with Crippen LogP contribution in [0, 0.1) is 11.3 Å². The molecule has 0 aliphatic rings. The highest BCUT2D eigenvalue weighted by Crippen LogP contribution is 2.31. The van der Waals surface area contributed by atoms with E-state index >= 15 is 0 Å². The third-order valence-corrected chi connectivity index (χ3v) is 4.53. The molecule has 0 N–H and O–H groups in total. The molecule has 4 rings (SSSR count). The maximum absolute atomic E-state index is 9.69. The molecular formula is C25H17N. The summed E-state index contributed by atoms with van der Waals surface area (Å²) in [4.78, 5) is 0. The molecule has 0 saturated carbocycles. The van der Waals surface area contributed by atoms with Gasteiger partial charge >= 0.3 is 0 Å². The Balaban J connectivity index is 1.78. The minimum atomic E-state index is 0.691. The largest absolute Gasteiger partial charge is 0.192 e. The van der Waals surface area contributed by atoms with Crippen LogP contribution in [0.3, 0.4) is 0 Å². The molecule has 0 saturated heterocycles. The minimum Gasteiger partial charge on any atom is -0.192 e. The second kappa shape index (κ2) is 7.09. The second-order valence-electron chi connectivity index (χ2n) is 6.19. The summed E-state index contributed by atoms with van der Waals surface area (Å²) in [6.07, 6.45) is 0. The van der Waals surface area contributed by atoms with E-state index in [4.69, 9.17) is 0 Å². The van der Waals surface area contributed by atoms with Crippen molar-refractivity contribution in [2.75, 3.05) is 0 Å². The van der Waals surface area contributed by atoms with E-state index < -0.39 is 0 Å². The third-order valence-electron chi connectivity index (χ3n) is 4.53. The Morgan fingerprint density at radius 3 is 1.62 bits per heavy atom. The van der Waals surface area contributed by atoms with Crippen molar-refractivity contribution in [1.82, 2.24) is 0 Å². The number of hydrogen-bond acceptors (Lipinski definition) is 1. The zero-order chi connectivity index (χ0) is 17.8. The van der Waals surface area contributed by atoms with Crippen molar-refractivity contribution < 1.29 is 0 Å². The number of hydrogen-bond donors (Lipinski definition) is 0. The molecule has 0 aromatic heterocycles. The van der Waals surface area contributed by atoms with Gasteiger partial charge in [0.1, 0.15) is 0 Å². The smallest absolute Gasteiger partial charge is 0.0998 e. The van der Waals surface area contributed by atoms with Gasteiger partial charge in [-0.3, -0.25) is 0 Å². The molecule has 0 radical (unpaired) electrons. The topological polar surface area (TPSA) is 23.8 Å². The molecule has 0 atom stereocenters. The van der Waals surface area contributed by atoms with Gasteiger partial charge in [-0.2, -0.15) is 5.26 Å². The lowest BCUT2D eigenvalue weighted by Crippen LogP contribution is -1.88. The second-order valence-corrected chi connectivity index (χ2v) is 6.19. The Kier molecular flexibility index (Phi) is 4.33. The van der Waals surface area contributed by atoms with Crippen LogP contribution in [0.4, 0.5) is 0 Å². The van der Waals surface area contributed by atoms with Gasteiger partial charge in [0.25, 0.3) is 0 Å². The fourth-order valence-electron chi connectivity index (χ4n) is 3.20. The van der Waals surface area contributed by atoms with Crippen LogP contribution in [-0.2, 0) is 0 Å². The first kappa shape index (κ1) is 15.9. The highest BCUT2D eigenvalue weighted by atomic mass is 14.2. The average Bonchev–Trinajstić information content (AvgIpc) is 2.74. The summed E-state index contributed by atoms with van der Waals surface area (Å²) in [5.41, 5.74) is 7.22. The van der Waals surface area contributed by atoms with Crippen molar-refractivity contribution in [1.29, 1.82) is 5.26 Å². The fraction of sp³-hybridized carbons (Fsp3) is 0. The van der Waals surface area contributed by atoms with Crippen molar-refractivity contribution in [3.63, 3.8) is 0 Å². The van der Waals surface area contributed by atoms with Crippen LogP contribution in [0.5, 0.6) is 0 Å². The van der Waals surface area contributed by atoms with Gasteiger partial charge in [-0.1, -0.05) is 91.0 Å². The molecule has 122 valence electrons. The molecule has 0 heterocycles. The number of benzene rings is 4. The highest BCUT2D eigenvalue weighted by molar-refractivity contribution is 5.79. The van der Waals surface area contributed by atoms with E-state index in [-0.39, 0.29) is 0 Å². The standard InChI is InChI=1S/C25H17N/c26-18-24-17-22(20-10-5-2-6-11-20)14-15-25(24)23-13-7-12-21(16-23)19-8-3-1-4-9-19/h1-17H. The molecule has 0 bridgehead atoms. The van der Waals surface area contributed by atoms with Crippen LogP contribution in [0.1, 0.15) is 5.56 Å². The molecule has 0 unspecified atom stereocenters. The summed E-state index contributed by atoms with van der Waals surface area (Å²) in [5, 5.41) is 9.69. The van der Waals surface area contributed by atoms with Gasteiger partial charge in [0.05, 0.1) is 11.6 Å². The molecule has 0 aliphatic heterocycles. The Morgan fingerprint density at radius 2 is 1.00 bits per heavy atom. The molecule has 26 heavy (non-hydrogen) atoms. The lowest BCUT2D eigenvalue weighted by Gasteiger charge is -2.10. The normalized spacial score (nSPS) is 10.3. The Bertz CT molecular complexity index is 1070. The van der Waals surface area contributed by atoms with Gasteiger partial charge in [-0.05, 0) is 45.5 Å². The van der Waals surface area contributed by atoms with Crippen molar-refractivity contribution in [3.8, 4) is 39.4 Å². The van der Waals surface area contributed by atoms with E-state index in [0.29, 0.717) is 5.56 Å². The van der Waals surface area contributed by atoms with E-state index in [1.165, 1.54) is 5.56 Å². The molecular weight excluding hydrogens is 314 g/mol. The van der Waals surface area contributed by atoms with Gasteiger partial charge in [0.15, 0.2) is 0 Å². The van der Waals surface area contributed by atoms with Gasteiger partial charge in [0.2, 0.25) is 0 Å². The lowest BCUT2D eigenvalue weighted by atomic mass is 9.93. The Labute approximate surface area is 153 Å². The monoisotopic (exact) mass is 331 g/mol. The predicted octanol–water partition coefficient (Wildman–Crippen LogP) is 6.56. The van der Waals surface area contributed by atoms with Crippen LogP contribution in [0.2, 0.25) is 0 Å². The molecule has 0 fully saturated rings. The molecule has 4 aromatic rings. The van der Waals surface area contributed by atoms with Crippen molar-refractivity contribution >= 4 is 0 Å². The van der Waals surface area contributed by atoms with Crippen molar-refractivity contribution in [2.24, 2.45) is 0 Å². The van der Waals surface area contributed by atoms with E-state index in [1.54, 1.807) is 0 Å². The summed E-state index contributed by atoms with van der Waals surface area (Å²) >= 11 is 0. The third kappa shape index (κ3) is 3.14. The van der Waals surface area contributed by atoms with Gasteiger partial charge < -0.3 is 0 Å². The van der Waals surface area contributed by atoms with Crippen LogP contribution < -0.4 is 0 Å². The lowest BCUT2D eigenvalue weighted by molar-refractivity contribution is 1.47. The highest BCUT2D eigenvalue weighted by Gasteiger charge is 2.08. The van der Waals surface area contributed by atoms with Crippen LogP contribution >= 0.6 is 0 Å². The summed E-state index contributed by atoms with van der Waals surface area (Å²) in [5.74, 6) is 0. The first-order chi connectivity index (χ1) is 12.8. The van der Waals surface area contributed by atoms with Crippen molar-refractivity contribution in [3.05, 3.63) is 109 Å². The Morgan fingerprint density at radius 1 is 0.462 bits per heavy atom. The molecule has 0 spiro atoms. The van der Waals surface area contributed by atoms with Crippen LogP contribution in [0.25, 0.3) is 33.4 Å². The summed E-state index contributed by atoms with van der Waals surface area (Å²) in [6, 6.07) is 37.3. The van der Waals surface area contributed by atoms with E-state index in [2.05, 4.69) is 54.6 Å². The Hall–Kier alpha value is -3.63. The average molecular weight is 331 g/mol. The van der Waals surface area contributed by atoms with E-state index in [0.717, 1.165) is 27.8 Å². The molecule has 0 aliphatic carbocycles. The number of rotatable bonds is 3. The van der Waals surface area contributed by atoms with Gasteiger partial charge in [-0.25, -0.2) is 0 Å². The zero-order valence-corrected chi connectivity index (χ0v) is 14.3. The summed E-state index contributed by atoms with van der Waals surface area (Å²) in [6.45, 7) is 0. The van der Waals surface area contributed by atoms with Gasteiger partial charge in [-0.15, -0.1) is 0 Å². The minimum absolute atomic E-state index is 0.691. The van der Waals surface area contributed by atoms with E-state index in [1.807, 2.05) is 54.6 Å². The predicted molar refractivity (Wildman–Crippen MR) is 107 cm³/mol. The first-order valence-electron chi connectivity index (χ1n) is 8.60. The maximum atomic E-state index is 9.69. The van der Waals surface area contributed by atoms with Crippen molar-refractivity contribution in [2.45, 2.75) is 0 Å². The number of nitrogens with zero attached hydrogens (tertiary/aromatic N) is 1. The van der Waals surface area contributed by atoms with Crippen LogP contribution in [-0.4, -0.2) is 0 Å². The van der Waals surface area contributed by atoms with Gasteiger partial charge in [0, 0.05) is 0 Å². The number of nitriles is 1. The first-order valence-corrected chi connectivity index (χ1v) is 8.60. The fourth-order valence-corrected chi connectivity index (χ4v) is 3.20.